The number of hydrogen-bond acceptors (Lipinski definition) is 3. The van der Waals surface area contributed by atoms with E-state index in [0.29, 0.717) is 11.8 Å². The van der Waals surface area contributed by atoms with Gasteiger partial charge in [-0.25, -0.2) is 0 Å². The van der Waals surface area contributed by atoms with Crippen LogP contribution in [0.4, 0.5) is 0 Å². The normalized spacial score (nSPS) is 45.2. The number of fused-ring (bicyclic) bond motifs is 5. The van der Waals surface area contributed by atoms with Gasteiger partial charge in [0.1, 0.15) is 0 Å². The highest BCUT2D eigenvalue weighted by molar-refractivity contribution is 7.54. The molecule has 0 saturated heterocycles. The lowest BCUT2D eigenvalue weighted by molar-refractivity contribution is 0.223. The van der Waals surface area contributed by atoms with Crippen LogP contribution in [-0.4, -0.2) is 19.9 Å². The summed E-state index contributed by atoms with van der Waals surface area (Å²) in [4.78, 5) is 0. The highest BCUT2D eigenvalue weighted by Gasteiger charge is 2.58. The molecule has 5 unspecified atom stereocenters. The quantitative estimate of drug-likeness (QED) is 0.563. The van der Waals surface area contributed by atoms with Crippen LogP contribution in [0.2, 0.25) is 0 Å². The second-order valence-electron chi connectivity index (χ2n) is 5.27. The predicted octanol–water partition coefficient (Wildman–Crippen LogP) is 3.07. The van der Waals surface area contributed by atoms with Crippen molar-refractivity contribution in [2.24, 2.45) is 23.7 Å². The molecule has 3 aliphatic rings. The van der Waals surface area contributed by atoms with Gasteiger partial charge in [0.15, 0.2) is 0 Å². The molecule has 3 rings (SSSR count). The smallest absolute Gasteiger partial charge is 0.312 e. The van der Waals surface area contributed by atoms with Gasteiger partial charge < -0.3 is 9.05 Å². The molecule has 5 atom stereocenters. The fourth-order valence-electron chi connectivity index (χ4n) is 4.22. The van der Waals surface area contributed by atoms with Crippen molar-refractivity contribution in [2.75, 3.05) is 14.2 Å². The maximum atomic E-state index is 12.5. The highest BCUT2D eigenvalue weighted by atomic mass is 31.2. The summed E-state index contributed by atoms with van der Waals surface area (Å²) < 4.78 is 22.8. The average Bonchev–Trinajstić information content (AvgIpc) is 2.98. The molecule has 0 heterocycles. The van der Waals surface area contributed by atoms with E-state index in [-0.39, 0.29) is 5.66 Å². The maximum Gasteiger partial charge on any atom is 0.333 e. The molecule has 0 radical (unpaired) electrons. The molecule has 3 aliphatic carbocycles. The molecule has 0 spiro atoms. The molecule has 0 amide bonds. The molecule has 3 nitrogen and oxygen atoms in total. The van der Waals surface area contributed by atoms with Gasteiger partial charge >= 0.3 is 7.60 Å². The largest absolute Gasteiger partial charge is 0.333 e. The molecule has 2 bridgehead atoms. The van der Waals surface area contributed by atoms with Crippen LogP contribution in [0.1, 0.15) is 19.3 Å². The topological polar surface area (TPSA) is 35.5 Å². The Balaban J connectivity index is 1.86. The molecule has 90 valence electrons. The molecule has 0 N–H and O–H groups in total. The lowest BCUT2D eigenvalue weighted by Gasteiger charge is -2.33. The third-order valence-electron chi connectivity index (χ3n) is 4.89. The van der Waals surface area contributed by atoms with Crippen molar-refractivity contribution in [3.63, 3.8) is 0 Å². The Labute approximate surface area is 96.7 Å². The summed E-state index contributed by atoms with van der Waals surface area (Å²) in [5.41, 5.74) is 0.136. The Hall–Kier alpha value is -0.110. The van der Waals surface area contributed by atoms with E-state index in [4.69, 9.17) is 9.05 Å². The average molecular weight is 242 g/mol. The van der Waals surface area contributed by atoms with Gasteiger partial charge in [0.2, 0.25) is 0 Å². The Morgan fingerprint density at radius 1 is 1.19 bits per heavy atom. The van der Waals surface area contributed by atoms with Gasteiger partial charge in [0.25, 0.3) is 0 Å². The van der Waals surface area contributed by atoms with Gasteiger partial charge in [-0.1, -0.05) is 12.2 Å². The Kier molecular flexibility index (Phi) is 2.54. The first-order valence-corrected chi connectivity index (χ1v) is 7.68. The fraction of sp³-hybridized carbons (Fsp3) is 0.833. The first-order chi connectivity index (χ1) is 7.69. The minimum atomic E-state index is -2.85. The standard InChI is InChI=1S/C12H19O3P/c1-14-16(13,15-2)12-7-8-6-11(12)10-5-3-4-9(8)10/h3,5,8-12H,4,6-7H2,1-2H3. The van der Waals surface area contributed by atoms with Crippen molar-refractivity contribution in [3.8, 4) is 0 Å². The third-order valence-corrected chi connectivity index (χ3v) is 7.31. The van der Waals surface area contributed by atoms with E-state index in [1.807, 2.05) is 0 Å². The summed E-state index contributed by atoms with van der Waals surface area (Å²) in [6, 6.07) is 0. The second-order valence-corrected chi connectivity index (χ2v) is 7.75. The Morgan fingerprint density at radius 3 is 2.62 bits per heavy atom. The van der Waals surface area contributed by atoms with Gasteiger partial charge in [-0.05, 0) is 42.9 Å². The van der Waals surface area contributed by atoms with Crippen molar-refractivity contribution >= 4 is 7.60 Å². The summed E-state index contributed by atoms with van der Waals surface area (Å²) >= 11 is 0. The van der Waals surface area contributed by atoms with E-state index in [2.05, 4.69) is 12.2 Å². The second kappa shape index (κ2) is 3.69. The molecule has 2 fully saturated rings. The highest BCUT2D eigenvalue weighted by Crippen LogP contribution is 2.68. The third kappa shape index (κ3) is 1.32. The summed E-state index contributed by atoms with van der Waals surface area (Å²) in [7, 11) is 0.170. The van der Waals surface area contributed by atoms with E-state index in [9.17, 15) is 4.57 Å². The predicted molar refractivity (Wildman–Crippen MR) is 62.4 cm³/mol. The summed E-state index contributed by atoms with van der Waals surface area (Å²) in [6.07, 6.45) is 8.11. The minimum absolute atomic E-state index is 0.136. The van der Waals surface area contributed by atoms with Crippen molar-refractivity contribution in [1.82, 2.24) is 0 Å². The zero-order valence-electron chi connectivity index (χ0n) is 9.83. The monoisotopic (exact) mass is 242 g/mol. The maximum absolute atomic E-state index is 12.5. The van der Waals surface area contributed by atoms with Crippen LogP contribution in [-0.2, 0) is 13.6 Å². The van der Waals surface area contributed by atoms with E-state index in [0.717, 1.165) is 18.3 Å². The molecule has 16 heavy (non-hydrogen) atoms. The van der Waals surface area contributed by atoms with Crippen molar-refractivity contribution < 1.29 is 13.6 Å². The lowest BCUT2D eigenvalue weighted by Crippen LogP contribution is -2.29. The van der Waals surface area contributed by atoms with Crippen LogP contribution < -0.4 is 0 Å². The summed E-state index contributed by atoms with van der Waals surface area (Å²) in [6.45, 7) is 0. The Bertz CT molecular complexity index is 357. The lowest BCUT2D eigenvalue weighted by atomic mass is 9.81. The number of rotatable bonds is 3. The summed E-state index contributed by atoms with van der Waals surface area (Å²) in [5, 5.41) is 0. The molecular weight excluding hydrogens is 223 g/mol. The van der Waals surface area contributed by atoms with E-state index < -0.39 is 7.60 Å². The molecule has 0 aliphatic heterocycles. The minimum Gasteiger partial charge on any atom is -0.312 e. The SMILES string of the molecule is COP(=O)(OC)C1CC2CC1C1C=CCC21. The van der Waals surface area contributed by atoms with Crippen LogP contribution in [0.15, 0.2) is 12.2 Å². The first kappa shape index (κ1) is 11.0. The van der Waals surface area contributed by atoms with Crippen molar-refractivity contribution in [3.05, 3.63) is 12.2 Å². The molecule has 0 aromatic rings. The van der Waals surface area contributed by atoms with E-state index in [1.54, 1.807) is 0 Å². The van der Waals surface area contributed by atoms with Gasteiger partial charge in [0, 0.05) is 14.2 Å². The van der Waals surface area contributed by atoms with Crippen molar-refractivity contribution in [2.45, 2.75) is 24.9 Å². The number of allylic oxidation sites excluding steroid dienone is 2. The zero-order valence-corrected chi connectivity index (χ0v) is 10.7. The van der Waals surface area contributed by atoms with E-state index >= 15 is 0 Å². The van der Waals surface area contributed by atoms with Crippen LogP contribution in [0.25, 0.3) is 0 Å². The first-order valence-electron chi connectivity index (χ1n) is 6.07. The molecular formula is C12H19O3P. The van der Waals surface area contributed by atoms with Crippen LogP contribution in [0, 0.1) is 23.7 Å². The molecule has 0 aromatic carbocycles. The van der Waals surface area contributed by atoms with Gasteiger partial charge in [-0.2, -0.15) is 0 Å². The van der Waals surface area contributed by atoms with Crippen LogP contribution in [0.5, 0.6) is 0 Å². The van der Waals surface area contributed by atoms with Crippen LogP contribution >= 0.6 is 7.60 Å². The van der Waals surface area contributed by atoms with Gasteiger partial charge in [-0.3, -0.25) is 4.57 Å². The number of hydrogen-bond donors (Lipinski definition) is 0. The van der Waals surface area contributed by atoms with E-state index in [1.165, 1.54) is 27.1 Å². The fourth-order valence-corrected chi connectivity index (χ4v) is 6.23. The molecule has 4 heteroatoms. The molecule has 0 aromatic heterocycles. The van der Waals surface area contributed by atoms with Crippen LogP contribution in [0.3, 0.4) is 0 Å². The molecule has 2 saturated carbocycles. The Morgan fingerprint density at radius 2 is 1.94 bits per heavy atom. The zero-order chi connectivity index (χ0) is 11.3. The van der Waals surface area contributed by atoms with Gasteiger partial charge in [-0.15, -0.1) is 0 Å². The van der Waals surface area contributed by atoms with Gasteiger partial charge in [0.05, 0.1) is 5.66 Å². The van der Waals surface area contributed by atoms with Crippen molar-refractivity contribution in [1.29, 1.82) is 0 Å². The summed E-state index contributed by atoms with van der Waals surface area (Å²) in [5.74, 6) is 2.74.